The molecule has 0 aliphatic carbocycles. The molecule has 2 rings (SSSR count). The van der Waals surface area contributed by atoms with E-state index in [1.54, 1.807) is 6.07 Å². The molecule has 20 heavy (non-hydrogen) atoms. The lowest BCUT2D eigenvalue weighted by Crippen LogP contribution is -2.09. The summed E-state index contributed by atoms with van der Waals surface area (Å²) in [4.78, 5) is 18.4. The molecule has 9 heteroatoms. The van der Waals surface area contributed by atoms with Gasteiger partial charge in [-0.3, -0.25) is 4.79 Å². The summed E-state index contributed by atoms with van der Waals surface area (Å²) in [5.41, 5.74) is 11.2. The standard InChI is InChI=1S/C11H12N4O3S2/c1-20(17,18)6-2-3-8(7(12)4-6)19-11-14-9(13)5-10(16)15-11/h2-5H,12H2,1H3,(H3,13,14,15,16). The Morgan fingerprint density at radius 2 is 1.95 bits per heavy atom. The maximum absolute atomic E-state index is 11.4. The highest BCUT2D eigenvalue weighted by molar-refractivity contribution is 7.99. The molecule has 0 bridgehead atoms. The fraction of sp³-hybridized carbons (Fsp3) is 0.0909. The minimum atomic E-state index is -3.31. The molecule has 0 aliphatic rings. The number of aromatic amines is 1. The number of hydrogen-bond acceptors (Lipinski definition) is 7. The van der Waals surface area contributed by atoms with Gasteiger partial charge in [0.15, 0.2) is 15.0 Å². The first-order chi connectivity index (χ1) is 9.25. The molecule has 1 aromatic heterocycles. The first kappa shape index (κ1) is 14.4. The van der Waals surface area contributed by atoms with Gasteiger partial charge in [0.2, 0.25) is 0 Å². The fourth-order valence-electron chi connectivity index (χ4n) is 1.46. The lowest BCUT2D eigenvalue weighted by Gasteiger charge is -2.06. The highest BCUT2D eigenvalue weighted by Gasteiger charge is 2.11. The van der Waals surface area contributed by atoms with Crippen molar-refractivity contribution in [1.29, 1.82) is 0 Å². The van der Waals surface area contributed by atoms with Crippen molar-refractivity contribution in [3.63, 3.8) is 0 Å². The van der Waals surface area contributed by atoms with Crippen LogP contribution in [0.4, 0.5) is 11.5 Å². The lowest BCUT2D eigenvalue weighted by atomic mass is 10.3. The van der Waals surface area contributed by atoms with Crippen molar-refractivity contribution in [2.45, 2.75) is 14.9 Å². The van der Waals surface area contributed by atoms with Gasteiger partial charge in [-0.2, -0.15) is 0 Å². The maximum atomic E-state index is 11.4. The van der Waals surface area contributed by atoms with Crippen LogP contribution in [0.1, 0.15) is 0 Å². The number of benzene rings is 1. The van der Waals surface area contributed by atoms with Gasteiger partial charge in [0.05, 0.1) is 4.90 Å². The van der Waals surface area contributed by atoms with Gasteiger partial charge in [-0.25, -0.2) is 13.4 Å². The maximum Gasteiger partial charge on any atom is 0.253 e. The minimum absolute atomic E-state index is 0.0996. The van der Waals surface area contributed by atoms with Crippen LogP contribution < -0.4 is 17.0 Å². The molecule has 5 N–H and O–H groups in total. The Bertz CT molecular complexity index is 815. The SMILES string of the molecule is CS(=O)(=O)c1ccc(Sc2nc(N)cc(=O)[nH]2)c(N)c1. The zero-order valence-electron chi connectivity index (χ0n) is 10.5. The van der Waals surface area contributed by atoms with Crippen LogP contribution in [0, 0.1) is 0 Å². The van der Waals surface area contributed by atoms with Crippen LogP contribution in [-0.4, -0.2) is 24.6 Å². The summed E-state index contributed by atoms with van der Waals surface area (Å²) in [6.45, 7) is 0. The molecule has 106 valence electrons. The van der Waals surface area contributed by atoms with E-state index in [-0.39, 0.29) is 27.1 Å². The molecule has 0 radical (unpaired) electrons. The van der Waals surface area contributed by atoms with Crippen molar-refractivity contribution in [3.05, 3.63) is 34.6 Å². The average molecular weight is 312 g/mol. The number of hydrogen-bond donors (Lipinski definition) is 3. The molecule has 0 amide bonds. The molecule has 2 aromatic rings. The predicted octanol–water partition coefficient (Wildman–Crippen LogP) is 0.489. The van der Waals surface area contributed by atoms with Crippen molar-refractivity contribution in [1.82, 2.24) is 9.97 Å². The van der Waals surface area contributed by atoms with Crippen LogP contribution >= 0.6 is 11.8 Å². The van der Waals surface area contributed by atoms with E-state index in [1.165, 1.54) is 18.2 Å². The quantitative estimate of drug-likeness (QED) is 0.555. The second-order valence-electron chi connectivity index (χ2n) is 4.05. The van der Waals surface area contributed by atoms with Crippen molar-refractivity contribution in [2.24, 2.45) is 0 Å². The first-order valence-corrected chi connectivity index (χ1v) is 8.11. The summed E-state index contributed by atoms with van der Waals surface area (Å²) in [7, 11) is -3.31. The van der Waals surface area contributed by atoms with E-state index in [0.717, 1.165) is 18.0 Å². The number of nitrogens with zero attached hydrogens (tertiary/aromatic N) is 1. The van der Waals surface area contributed by atoms with Crippen LogP contribution in [0.15, 0.2) is 44.0 Å². The number of H-pyrrole nitrogens is 1. The third-order valence-corrected chi connectivity index (χ3v) is 4.44. The van der Waals surface area contributed by atoms with Crippen LogP contribution in [0.2, 0.25) is 0 Å². The summed E-state index contributed by atoms with van der Waals surface area (Å²) >= 11 is 1.10. The molecule has 0 aliphatic heterocycles. The molecule has 0 spiro atoms. The molecular weight excluding hydrogens is 300 g/mol. The smallest absolute Gasteiger partial charge is 0.253 e. The summed E-state index contributed by atoms with van der Waals surface area (Å²) in [6, 6.07) is 5.53. The first-order valence-electron chi connectivity index (χ1n) is 5.40. The third-order valence-electron chi connectivity index (χ3n) is 2.36. The van der Waals surface area contributed by atoms with Crippen molar-refractivity contribution < 1.29 is 8.42 Å². The summed E-state index contributed by atoms with van der Waals surface area (Å²) in [5.74, 6) is 0.0996. The highest BCUT2D eigenvalue weighted by atomic mass is 32.2. The van der Waals surface area contributed by atoms with E-state index >= 15 is 0 Å². The second-order valence-corrected chi connectivity index (χ2v) is 7.10. The average Bonchev–Trinajstić information content (AvgIpc) is 2.29. The molecule has 0 unspecified atom stereocenters. The summed E-state index contributed by atoms with van der Waals surface area (Å²) in [5, 5.41) is 0.286. The Hall–Kier alpha value is -2.00. The zero-order chi connectivity index (χ0) is 14.9. The molecule has 1 aromatic carbocycles. The van der Waals surface area contributed by atoms with Crippen molar-refractivity contribution in [2.75, 3.05) is 17.7 Å². The number of nitrogens with one attached hydrogen (secondary N) is 1. The van der Waals surface area contributed by atoms with E-state index in [0.29, 0.717) is 4.90 Å². The Labute approximate surface area is 119 Å². The second kappa shape index (κ2) is 5.17. The van der Waals surface area contributed by atoms with Gasteiger partial charge in [0, 0.05) is 22.9 Å². The predicted molar refractivity (Wildman–Crippen MR) is 77.4 cm³/mol. The number of anilines is 2. The van der Waals surface area contributed by atoms with Gasteiger partial charge < -0.3 is 16.5 Å². The van der Waals surface area contributed by atoms with E-state index in [2.05, 4.69) is 9.97 Å². The third kappa shape index (κ3) is 3.31. The van der Waals surface area contributed by atoms with Gasteiger partial charge in [-0.1, -0.05) is 0 Å². The lowest BCUT2D eigenvalue weighted by molar-refractivity contribution is 0.602. The zero-order valence-corrected chi connectivity index (χ0v) is 12.1. The molecule has 1 heterocycles. The van der Waals surface area contributed by atoms with E-state index in [4.69, 9.17) is 11.5 Å². The number of aromatic nitrogens is 2. The Morgan fingerprint density at radius 1 is 1.25 bits per heavy atom. The van der Waals surface area contributed by atoms with Gasteiger partial charge in [0.1, 0.15) is 5.82 Å². The number of nitrogens with two attached hydrogens (primary N) is 2. The number of sulfone groups is 1. The molecule has 0 atom stereocenters. The molecule has 0 fully saturated rings. The van der Waals surface area contributed by atoms with Gasteiger partial charge >= 0.3 is 0 Å². The van der Waals surface area contributed by atoms with E-state index in [1.807, 2.05) is 0 Å². The van der Waals surface area contributed by atoms with Crippen LogP contribution in [0.5, 0.6) is 0 Å². The molecule has 0 saturated carbocycles. The molecule has 0 saturated heterocycles. The van der Waals surface area contributed by atoms with Crippen molar-refractivity contribution >= 4 is 33.1 Å². The van der Waals surface area contributed by atoms with Crippen LogP contribution in [0.25, 0.3) is 0 Å². The largest absolute Gasteiger partial charge is 0.398 e. The number of rotatable bonds is 3. The summed E-state index contributed by atoms with van der Waals surface area (Å²) < 4.78 is 22.8. The van der Waals surface area contributed by atoms with Gasteiger partial charge in [-0.15, -0.1) is 0 Å². The molecule has 7 nitrogen and oxygen atoms in total. The minimum Gasteiger partial charge on any atom is -0.398 e. The molecular formula is C11H12N4O3S2. The Morgan fingerprint density at radius 3 is 2.50 bits per heavy atom. The topological polar surface area (TPSA) is 132 Å². The van der Waals surface area contributed by atoms with Gasteiger partial charge in [-0.05, 0) is 30.0 Å². The normalized spacial score (nSPS) is 11.4. The fourth-order valence-corrected chi connectivity index (χ4v) is 2.94. The van der Waals surface area contributed by atoms with Crippen molar-refractivity contribution in [3.8, 4) is 0 Å². The van der Waals surface area contributed by atoms with Crippen LogP contribution in [0.3, 0.4) is 0 Å². The van der Waals surface area contributed by atoms with E-state index < -0.39 is 9.84 Å². The van der Waals surface area contributed by atoms with Crippen LogP contribution in [-0.2, 0) is 9.84 Å². The Balaban J connectivity index is 2.37. The summed E-state index contributed by atoms with van der Waals surface area (Å²) in [6.07, 6.45) is 1.10. The highest BCUT2D eigenvalue weighted by Crippen LogP contribution is 2.31. The number of nitrogen functional groups attached to an aromatic ring is 2. The van der Waals surface area contributed by atoms with E-state index in [9.17, 15) is 13.2 Å². The monoisotopic (exact) mass is 312 g/mol. The Kier molecular flexibility index (Phi) is 3.73. The van der Waals surface area contributed by atoms with Gasteiger partial charge in [0.25, 0.3) is 5.56 Å².